The number of hydrogen-bond acceptors (Lipinski definition) is 2. The SMILES string of the molecule is CCN(CC(=O)C1CC1)C1CCCC1. The largest absolute Gasteiger partial charge is 0.298 e. The molecule has 0 radical (unpaired) electrons. The first-order chi connectivity index (χ1) is 6.81. The first-order valence-corrected chi connectivity index (χ1v) is 6.08. The quantitative estimate of drug-likeness (QED) is 0.670. The zero-order chi connectivity index (χ0) is 9.97. The summed E-state index contributed by atoms with van der Waals surface area (Å²) >= 11 is 0. The smallest absolute Gasteiger partial charge is 0.149 e. The average Bonchev–Trinajstić information content (AvgIpc) is 2.91. The molecule has 0 saturated heterocycles. The van der Waals surface area contributed by atoms with Crippen LogP contribution in [0.25, 0.3) is 0 Å². The molecule has 14 heavy (non-hydrogen) atoms. The second kappa shape index (κ2) is 4.43. The van der Waals surface area contributed by atoms with Crippen molar-refractivity contribution >= 4 is 5.78 Å². The molecule has 2 nitrogen and oxygen atoms in total. The number of carbonyl (C=O) groups is 1. The Labute approximate surface area is 86.7 Å². The average molecular weight is 195 g/mol. The van der Waals surface area contributed by atoms with Crippen LogP contribution in [0.15, 0.2) is 0 Å². The third kappa shape index (κ3) is 2.35. The second-order valence-electron chi connectivity index (χ2n) is 4.74. The molecule has 0 aromatic rings. The summed E-state index contributed by atoms with van der Waals surface area (Å²) in [6.07, 6.45) is 7.65. The lowest BCUT2D eigenvalue weighted by Crippen LogP contribution is -2.37. The van der Waals surface area contributed by atoms with E-state index < -0.39 is 0 Å². The number of ketones is 1. The summed E-state index contributed by atoms with van der Waals surface area (Å²) in [6.45, 7) is 3.95. The second-order valence-corrected chi connectivity index (χ2v) is 4.74. The molecular weight excluding hydrogens is 174 g/mol. The molecule has 0 heterocycles. The van der Waals surface area contributed by atoms with Crippen LogP contribution in [0.4, 0.5) is 0 Å². The summed E-state index contributed by atoms with van der Waals surface area (Å²) < 4.78 is 0. The van der Waals surface area contributed by atoms with E-state index in [0.717, 1.165) is 25.9 Å². The van der Waals surface area contributed by atoms with Gasteiger partial charge in [0.1, 0.15) is 5.78 Å². The molecule has 0 unspecified atom stereocenters. The lowest BCUT2D eigenvalue weighted by Gasteiger charge is -2.26. The van der Waals surface area contributed by atoms with Gasteiger partial charge in [0.2, 0.25) is 0 Å². The zero-order valence-electron chi connectivity index (χ0n) is 9.17. The van der Waals surface area contributed by atoms with E-state index >= 15 is 0 Å². The van der Waals surface area contributed by atoms with Gasteiger partial charge in [-0.3, -0.25) is 9.69 Å². The Bertz CT molecular complexity index is 204. The Morgan fingerprint density at radius 3 is 2.36 bits per heavy atom. The Balaban J connectivity index is 1.81. The molecule has 2 saturated carbocycles. The van der Waals surface area contributed by atoms with Crippen LogP contribution in [-0.2, 0) is 4.79 Å². The minimum absolute atomic E-state index is 0.436. The van der Waals surface area contributed by atoms with Crippen LogP contribution in [0.3, 0.4) is 0 Å². The maximum absolute atomic E-state index is 11.7. The van der Waals surface area contributed by atoms with Gasteiger partial charge in [0, 0.05) is 12.0 Å². The number of hydrogen-bond donors (Lipinski definition) is 0. The van der Waals surface area contributed by atoms with Crippen LogP contribution in [0, 0.1) is 5.92 Å². The van der Waals surface area contributed by atoms with Gasteiger partial charge in [-0.25, -0.2) is 0 Å². The van der Waals surface area contributed by atoms with Crippen LogP contribution in [0.5, 0.6) is 0 Å². The fourth-order valence-electron chi connectivity index (χ4n) is 2.50. The van der Waals surface area contributed by atoms with Gasteiger partial charge in [-0.15, -0.1) is 0 Å². The van der Waals surface area contributed by atoms with Crippen LogP contribution in [0.1, 0.15) is 45.4 Å². The summed E-state index contributed by atoms with van der Waals surface area (Å²) in [5, 5.41) is 0. The van der Waals surface area contributed by atoms with Gasteiger partial charge < -0.3 is 0 Å². The minimum atomic E-state index is 0.436. The highest BCUT2D eigenvalue weighted by Gasteiger charge is 2.32. The van der Waals surface area contributed by atoms with Crippen LogP contribution < -0.4 is 0 Å². The molecule has 0 spiro atoms. The monoisotopic (exact) mass is 195 g/mol. The lowest BCUT2D eigenvalue weighted by molar-refractivity contribution is -0.121. The van der Waals surface area contributed by atoms with Gasteiger partial charge in [-0.05, 0) is 32.2 Å². The standard InChI is InChI=1S/C12H21NO/c1-2-13(11-5-3-4-6-11)9-12(14)10-7-8-10/h10-11H,2-9H2,1H3. The summed E-state index contributed by atoms with van der Waals surface area (Å²) in [7, 11) is 0. The molecule has 2 rings (SSSR count). The molecule has 0 N–H and O–H groups in total. The predicted octanol–water partition coefficient (Wildman–Crippen LogP) is 2.23. The Kier molecular flexibility index (Phi) is 3.22. The number of rotatable bonds is 5. The van der Waals surface area contributed by atoms with Crippen LogP contribution in [0.2, 0.25) is 0 Å². The third-order valence-corrected chi connectivity index (χ3v) is 3.64. The molecule has 2 fully saturated rings. The van der Waals surface area contributed by atoms with Gasteiger partial charge in [-0.2, -0.15) is 0 Å². The van der Waals surface area contributed by atoms with Gasteiger partial charge in [0.05, 0.1) is 6.54 Å². The van der Waals surface area contributed by atoms with Gasteiger partial charge in [-0.1, -0.05) is 19.8 Å². The van der Waals surface area contributed by atoms with Crippen molar-refractivity contribution in [3.8, 4) is 0 Å². The van der Waals surface area contributed by atoms with E-state index in [-0.39, 0.29) is 0 Å². The van der Waals surface area contributed by atoms with E-state index in [2.05, 4.69) is 11.8 Å². The minimum Gasteiger partial charge on any atom is -0.298 e. The van der Waals surface area contributed by atoms with E-state index in [9.17, 15) is 4.79 Å². The normalized spacial score (nSPS) is 23.3. The third-order valence-electron chi connectivity index (χ3n) is 3.64. The topological polar surface area (TPSA) is 20.3 Å². The molecule has 2 aliphatic rings. The highest BCUT2D eigenvalue weighted by atomic mass is 16.1. The molecule has 0 atom stereocenters. The van der Waals surface area contributed by atoms with Crippen molar-refractivity contribution in [3.05, 3.63) is 0 Å². The van der Waals surface area contributed by atoms with Crippen molar-refractivity contribution in [1.82, 2.24) is 4.90 Å². The molecule has 0 aliphatic heterocycles. The number of carbonyl (C=O) groups excluding carboxylic acids is 1. The molecule has 2 heteroatoms. The van der Waals surface area contributed by atoms with Crippen LogP contribution in [-0.4, -0.2) is 29.8 Å². The van der Waals surface area contributed by atoms with Crippen molar-refractivity contribution in [3.63, 3.8) is 0 Å². The van der Waals surface area contributed by atoms with E-state index in [1.165, 1.54) is 25.7 Å². The van der Waals surface area contributed by atoms with E-state index in [1.54, 1.807) is 0 Å². The van der Waals surface area contributed by atoms with Crippen molar-refractivity contribution < 1.29 is 4.79 Å². The molecule has 80 valence electrons. The summed E-state index contributed by atoms with van der Waals surface area (Å²) in [5.74, 6) is 0.934. The van der Waals surface area contributed by atoms with Gasteiger partial charge in [0.15, 0.2) is 0 Å². The Morgan fingerprint density at radius 1 is 1.21 bits per heavy atom. The Morgan fingerprint density at radius 2 is 1.86 bits per heavy atom. The number of nitrogens with zero attached hydrogens (tertiary/aromatic N) is 1. The van der Waals surface area contributed by atoms with Gasteiger partial charge >= 0.3 is 0 Å². The molecule has 0 amide bonds. The molecule has 0 aromatic carbocycles. The van der Waals surface area contributed by atoms with E-state index in [0.29, 0.717) is 17.7 Å². The molecule has 0 bridgehead atoms. The number of Topliss-reactive ketones (excluding diaryl/α,β-unsaturated/α-hetero) is 1. The highest BCUT2D eigenvalue weighted by Crippen LogP contribution is 2.31. The lowest BCUT2D eigenvalue weighted by atomic mass is 10.1. The van der Waals surface area contributed by atoms with E-state index in [1.807, 2.05) is 0 Å². The maximum atomic E-state index is 11.7. The summed E-state index contributed by atoms with van der Waals surface area (Å²) in [6, 6.07) is 0.711. The highest BCUT2D eigenvalue weighted by molar-refractivity contribution is 5.85. The van der Waals surface area contributed by atoms with Crippen molar-refractivity contribution in [2.24, 2.45) is 5.92 Å². The summed E-state index contributed by atoms with van der Waals surface area (Å²) in [4.78, 5) is 14.1. The first kappa shape index (κ1) is 10.2. The zero-order valence-corrected chi connectivity index (χ0v) is 9.17. The number of likely N-dealkylation sites (N-methyl/N-ethyl adjacent to an activating group) is 1. The fraction of sp³-hybridized carbons (Fsp3) is 0.917. The van der Waals surface area contributed by atoms with E-state index in [4.69, 9.17) is 0 Å². The van der Waals surface area contributed by atoms with Crippen LogP contribution >= 0.6 is 0 Å². The van der Waals surface area contributed by atoms with Crippen molar-refractivity contribution in [1.29, 1.82) is 0 Å². The molecule has 0 aromatic heterocycles. The summed E-state index contributed by atoms with van der Waals surface area (Å²) in [5.41, 5.74) is 0. The molecule has 2 aliphatic carbocycles. The van der Waals surface area contributed by atoms with Crippen molar-refractivity contribution in [2.75, 3.05) is 13.1 Å². The first-order valence-electron chi connectivity index (χ1n) is 6.08. The molecular formula is C12H21NO. The predicted molar refractivity (Wildman–Crippen MR) is 57.2 cm³/mol. The van der Waals surface area contributed by atoms with Gasteiger partial charge in [0.25, 0.3) is 0 Å². The van der Waals surface area contributed by atoms with Crippen molar-refractivity contribution in [2.45, 2.75) is 51.5 Å². The Hall–Kier alpha value is -0.370. The maximum Gasteiger partial charge on any atom is 0.149 e. The fourth-order valence-corrected chi connectivity index (χ4v) is 2.50.